The van der Waals surface area contributed by atoms with E-state index >= 15 is 0 Å². The van der Waals surface area contributed by atoms with E-state index in [0.29, 0.717) is 5.69 Å². The number of nitrogens with two attached hydrogens (primary N) is 1. The van der Waals surface area contributed by atoms with E-state index in [4.69, 9.17) is 5.73 Å². The van der Waals surface area contributed by atoms with E-state index in [1.165, 1.54) is 18.2 Å². The summed E-state index contributed by atoms with van der Waals surface area (Å²) >= 11 is 0. The first kappa shape index (κ1) is 13.1. The van der Waals surface area contributed by atoms with Crippen LogP contribution in [-0.2, 0) is 0 Å². The molecule has 2 aromatic carbocycles. The number of fused-ring (bicyclic) bond motifs is 1. The minimum absolute atomic E-state index is 0.0387. The lowest BCUT2D eigenvalue weighted by molar-refractivity contribution is 0.102. The molecule has 1 aromatic heterocycles. The Morgan fingerprint density at radius 2 is 1.90 bits per heavy atom. The highest BCUT2D eigenvalue weighted by Crippen LogP contribution is 2.17. The predicted molar refractivity (Wildman–Crippen MR) is 80.5 cm³/mol. The maximum absolute atomic E-state index is 13.3. The van der Waals surface area contributed by atoms with E-state index in [1.54, 1.807) is 6.07 Å². The molecule has 0 unspecified atom stereocenters. The molecule has 0 atom stereocenters. The highest BCUT2D eigenvalue weighted by molar-refractivity contribution is 6.04. The van der Waals surface area contributed by atoms with Gasteiger partial charge >= 0.3 is 0 Å². The van der Waals surface area contributed by atoms with Gasteiger partial charge in [-0.3, -0.25) is 4.79 Å². The van der Waals surface area contributed by atoms with E-state index in [2.05, 4.69) is 10.3 Å². The Morgan fingerprint density at radius 3 is 2.71 bits per heavy atom. The van der Waals surface area contributed by atoms with Crippen LogP contribution in [0.15, 0.2) is 54.6 Å². The summed E-state index contributed by atoms with van der Waals surface area (Å²) in [5.41, 5.74) is 6.77. The molecular formula is C16H12FN3O. The van der Waals surface area contributed by atoms with Crippen molar-refractivity contribution in [3.63, 3.8) is 0 Å². The van der Waals surface area contributed by atoms with E-state index in [1.807, 2.05) is 30.3 Å². The van der Waals surface area contributed by atoms with Gasteiger partial charge in [0.15, 0.2) is 0 Å². The lowest BCUT2D eigenvalue weighted by Gasteiger charge is -2.06. The molecule has 0 bridgehead atoms. The molecule has 3 rings (SSSR count). The third-order valence-corrected chi connectivity index (χ3v) is 3.09. The normalized spacial score (nSPS) is 10.5. The number of benzene rings is 2. The Bertz CT molecular complexity index is 833. The van der Waals surface area contributed by atoms with Gasteiger partial charge in [-0.1, -0.05) is 24.3 Å². The number of hydrogen-bond donors (Lipinski definition) is 2. The van der Waals surface area contributed by atoms with Crippen molar-refractivity contribution in [1.82, 2.24) is 4.98 Å². The number of hydrogen-bond acceptors (Lipinski definition) is 3. The molecule has 21 heavy (non-hydrogen) atoms. The minimum Gasteiger partial charge on any atom is -0.396 e. The summed E-state index contributed by atoms with van der Waals surface area (Å²) in [6, 6.07) is 15.1. The average Bonchev–Trinajstić information content (AvgIpc) is 2.50. The number of nitrogen functional groups attached to an aromatic ring is 1. The standard InChI is InChI=1S/C16H12FN3O/c17-12-9-11(6-7-13(12)18)19-16(21)15-8-5-10-3-1-2-4-14(10)20-15/h1-9H,18H2,(H,19,21). The summed E-state index contributed by atoms with van der Waals surface area (Å²) in [5, 5.41) is 3.55. The molecule has 0 aliphatic rings. The number of para-hydroxylation sites is 1. The van der Waals surface area contributed by atoms with Gasteiger partial charge in [0.25, 0.3) is 5.91 Å². The van der Waals surface area contributed by atoms with Gasteiger partial charge in [0.05, 0.1) is 11.2 Å². The van der Waals surface area contributed by atoms with Gasteiger partial charge in [-0.05, 0) is 30.3 Å². The molecule has 3 aromatic rings. The van der Waals surface area contributed by atoms with Crippen LogP contribution in [0, 0.1) is 5.82 Å². The van der Waals surface area contributed by atoms with Crippen LogP contribution in [-0.4, -0.2) is 10.9 Å². The van der Waals surface area contributed by atoms with Crippen LogP contribution in [0.4, 0.5) is 15.8 Å². The van der Waals surface area contributed by atoms with E-state index < -0.39 is 11.7 Å². The van der Waals surface area contributed by atoms with Gasteiger partial charge in [-0.25, -0.2) is 9.37 Å². The van der Waals surface area contributed by atoms with Crippen LogP contribution in [0.25, 0.3) is 10.9 Å². The average molecular weight is 281 g/mol. The largest absolute Gasteiger partial charge is 0.396 e. The fourth-order valence-corrected chi connectivity index (χ4v) is 1.99. The SMILES string of the molecule is Nc1ccc(NC(=O)c2ccc3ccccc3n2)cc1F. The van der Waals surface area contributed by atoms with E-state index in [0.717, 1.165) is 10.9 Å². The molecular weight excluding hydrogens is 269 g/mol. The maximum Gasteiger partial charge on any atom is 0.274 e. The fraction of sp³-hybridized carbons (Fsp3) is 0. The molecule has 3 N–H and O–H groups in total. The van der Waals surface area contributed by atoms with Gasteiger partial charge < -0.3 is 11.1 Å². The van der Waals surface area contributed by atoms with Crippen molar-refractivity contribution in [2.75, 3.05) is 11.1 Å². The number of halogens is 1. The van der Waals surface area contributed by atoms with Gasteiger partial charge in [0.2, 0.25) is 0 Å². The fourth-order valence-electron chi connectivity index (χ4n) is 1.99. The smallest absolute Gasteiger partial charge is 0.274 e. The maximum atomic E-state index is 13.3. The zero-order chi connectivity index (χ0) is 14.8. The molecule has 0 aliphatic carbocycles. The number of pyridine rings is 1. The monoisotopic (exact) mass is 281 g/mol. The Labute approximate surface area is 120 Å². The highest BCUT2D eigenvalue weighted by Gasteiger charge is 2.09. The van der Waals surface area contributed by atoms with Gasteiger partial charge in [-0.2, -0.15) is 0 Å². The third kappa shape index (κ3) is 2.67. The van der Waals surface area contributed by atoms with Crippen LogP contribution in [0.3, 0.4) is 0 Å². The topological polar surface area (TPSA) is 68.0 Å². The van der Waals surface area contributed by atoms with Crippen molar-refractivity contribution in [2.24, 2.45) is 0 Å². The zero-order valence-electron chi connectivity index (χ0n) is 11.0. The summed E-state index contributed by atoms with van der Waals surface area (Å²) in [6.45, 7) is 0. The second-order valence-corrected chi connectivity index (χ2v) is 4.58. The van der Waals surface area contributed by atoms with Crippen molar-refractivity contribution < 1.29 is 9.18 Å². The van der Waals surface area contributed by atoms with E-state index in [-0.39, 0.29) is 11.4 Å². The number of rotatable bonds is 2. The molecule has 1 amide bonds. The Hall–Kier alpha value is -2.95. The van der Waals surface area contributed by atoms with Crippen LogP contribution in [0.5, 0.6) is 0 Å². The first-order chi connectivity index (χ1) is 10.1. The number of nitrogens with zero attached hydrogens (tertiary/aromatic N) is 1. The van der Waals surface area contributed by atoms with Crippen molar-refractivity contribution in [2.45, 2.75) is 0 Å². The molecule has 0 saturated carbocycles. The van der Waals surface area contributed by atoms with Crippen molar-refractivity contribution >= 4 is 28.2 Å². The van der Waals surface area contributed by atoms with Crippen LogP contribution < -0.4 is 11.1 Å². The summed E-state index contributed by atoms with van der Waals surface area (Å²) in [7, 11) is 0. The Morgan fingerprint density at radius 1 is 1.10 bits per heavy atom. The number of aromatic nitrogens is 1. The molecule has 104 valence electrons. The number of anilines is 2. The summed E-state index contributed by atoms with van der Waals surface area (Å²) in [4.78, 5) is 16.4. The first-order valence-corrected chi connectivity index (χ1v) is 6.36. The third-order valence-electron chi connectivity index (χ3n) is 3.09. The number of nitrogens with one attached hydrogen (secondary N) is 1. The van der Waals surface area contributed by atoms with E-state index in [9.17, 15) is 9.18 Å². The number of carbonyl (C=O) groups is 1. The Kier molecular flexibility index (Phi) is 3.23. The lowest BCUT2D eigenvalue weighted by atomic mass is 10.2. The van der Waals surface area contributed by atoms with Crippen LogP contribution >= 0.6 is 0 Å². The second kappa shape index (κ2) is 5.20. The summed E-state index contributed by atoms with van der Waals surface area (Å²) in [5.74, 6) is -0.968. The second-order valence-electron chi connectivity index (χ2n) is 4.58. The molecule has 0 radical (unpaired) electrons. The number of carbonyl (C=O) groups excluding carboxylic acids is 1. The molecule has 1 heterocycles. The molecule has 0 aliphatic heterocycles. The highest BCUT2D eigenvalue weighted by atomic mass is 19.1. The zero-order valence-corrected chi connectivity index (χ0v) is 11.0. The molecule has 4 nitrogen and oxygen atoms in total. The van der Waals surface area contributed by atoms with Crippen molar-refractivity contribution in [1.29, 1.82) is 0 Å². The molecule has 0 spiro atoms. The summed E-state index contributed by atoms with van der Waals surface area (Å²) < 4.78 is 13.3. The molecule has 5 heteroatoms. The van der Waals surface area contributed by atoms with Crippen LogP contribution in [0.1, 0.15) is 10.5 Å². The predicted octanol–water partition coefficient (Wildman–Crippen LogP) is 3.21. The first-order valence-electron chi connectivity index (χ1n) is 6.36. The molecule has 0 saturated heterocycles. The van der Waals surface area contributed by atoms with Crippen LogP contribution in [0.2, 0.25) is 0 Å². The lowest BCUT2D eigenvalue weighted by Crippen LogP contribution is -2.13. The van der Waals surface area contributed by atoms with Gasteiger partial charge in [-0.15, -0.1) is 0 Å². The summed E-state index contributed by atoms with van der Waals surface area (Å²) in [6.07, 6.45) is 0. The Balaban J connectivity index is 1.87. The van der Waals surface area contributed by atoms with Gasteiger partial charge in [0, 0.05) is 11.1 Å². The van der Waals surface area contributed by atoms with Gasteiger partial charge in [0.1, 0.15) is 11.5 Å². The van der Waals surface area contributed by atoms with Crippen molar-refractivity contribution in [3.05, 3.63) is 66.1 Å². The van der Waals surface area contributed by atoms with Crippen molar-refractivity contribution in [3.8, 4) is 0 Å². The quantitative estimate of drug-likeness (QED) is 0.709. The minimum atomic E-state index is -0.570. The number of amides is 1. The molecule has 0 fully saturated rings.